The molecule has 114 valence electrons. The van der Waals surface area contributed by atoms with E-state index in [2.05, 4.69) is 0 Å². The average molecular weight is 304 g/mol. The lowest BCUT2D eigenvalue weighted by atomic mass is 9.67. The van der Waals surface area contributed by atoms with E-state index >= 15 is 0 Å². The maximum absolute atomic E-state index is 15.0. The zero-order valence-electron chi connectivity index (χ0n) is 11.4. The van der Waals surface area contributed by atoms with Crippen LogP contribution in [0.25, 0.3) is 0 Å². The Morgan fingerprint density at radius 1 is 1.29 bits per heavy atom. The van der Waals surface area contributed by atoms with Crippen LogP contribution < -0.4 is 5.46 Å². The monoisotopic (exact) mass is 304 g/mol. The van der Waals surface area contributed by atoms with Crippen LogP contribution in [-0.4, -0.2) is 49.1 Å². The maximum atomic E-state index is 15.0. The van der Waals surface area contributed by atoms with Crippen LogP contribution in [-0.2, 0) is 15.6 Å². The molecule has 0 saturated carbocycles. The molecule has 1 saturated heterocycles. The molecule has 0 N–H and O–H groups in total. The molecule has 4 nitrogen and oxygen atoms in total. The Kier molecular flexibility index (Phi) is 3.69. The number of carbonyl (C=O) groups excluding carboxylic acids is 1. The van der Waals surface area contributed by atoms with E-state index < -0.39 is 24.5 Å². The van der Waals surface area contributed by atoms with Gasteiger partial charge in [-0.1, -0.05) is 29.7 Å². The van der Waals surface area contributed by atoms with E-state index in [0.717, 1.165) is 28.8 Å². The molecule has 1 aliphatic rings. The highest BCUT2D eigenvalue weighted by Crippen LogP contribution is 2.29. The average Bonchev–Trinajstić information content (AvgIpc) is 2.63. The first-order valence-corrected chi connectivity index (χ1v) is 6.13. The molecule has 2 rings (SSSR count). The lowest BCUT2D eigenvalue weighted by Crippen LogP contribution is -2.53. The molecular weight excluding hydrogens is 291 g/mol. The molecule has 0 aromatic heterocycles. The number of halogens is 4. The minimum absolute atomic E-state index is 0.119. The normalized spacial score (nSPS) is 24.3. The van der Waals surface area contributed by atoms with Crippen molar-refractivity contribution in [2.45, 2.75) is 6.18 Å². The molecule has 1 aromatic rings. The minimum atomic E-state index is -4.50. The van der Waals surface area contributed by atoms with Gasteiger partial charge >= 0.3 is 18.9 Å². The van der Waals surface area contributed by atoms with E-state index in [9.17, 15) is 22.3 Å². The second kappa shape index (κ2) is 5.05. The smallest absolute Gasteiger partial charge is 0.567 e. The molecule has 21 heavy (non-hydrogen) atoms. The molecule has 0 aliphatic carbocycles. The van der Waals surface area contributed by atoms with Gasteiger partial charge in [-0.15, -0.1) is 0 Å². The van der Waals surface area contributed by atoms with Gasteiger partial charge in [0.2, 0.25) is 0 Å². The number of carbonyl (C=O) groups is 1. The van der Waals surface area contributed by atoms with E-state index in [-0.39, 0.29) is 12.0 Å². The summed E-state index contributed by atoms with van der Waals surface area (Å²) in [5.74, 6) is -0.768. The third kappa shape index (κ3) is 3.01. The third-order valence-electron chi connectivity index (χ3n) is 3.05. The van der Waals surface area contributed by atoms with Crippen molar-refractivity contribution in [1.29, 1.82) is 0 Å². The van der Waals surface area contributed by atoms with Gasteiger partial charge in [-0.2, -0.15) is 13.2 Å². The minimum Gasteiger partial charge on any atom is -0.619 e. The predicted molar refractivity (Wildman–Crippen MR) is 68.9 cm³/mol. The predicted octanol–water partition coefficient (Wildman–Crippen LogP) is 0.980. The maximum Gasteiger partial charge on any atom is 0.567 e. The van der Waals surface area contributed by atoms with Crippen LogP contribution in [0.4, 0.5) is 17.5 Å². The summed E-state index contributed by atoms with van der Waals surface area (Å²) >= 11 is 0. The molecule has 1 aromatic carbocycles. The molecule has 0 radical (unpaired) electrons. The molecule has 0 amide bonds. The van der Waals surface area contributed by atoms with Crippen LogP contribution >= 0.6 is 0 Å². The molecule has 9 heteroatoms. The summed E-state index contributed by atoms with van der Waals surface area (Å²) < 4.78 is 58.2. The summed E-state index contributed by atoms with van der Waals surface area (Å²) in [4.78, 5) is 12.9. The number of alkyl halides is 3. The summed E-state index contributed by atoms with van der Waals surface area (Å²) in [6, 6.07) is 3.49. The van der Waals surface area contributed by atoms with Crippen molar-refractivity contribution >= 4 is 24.5 Å². The lowest BCUT2D eigenvalue weighted by Gasteiger charge is -2.25. The van der Waals surface area contributed by atoms with Gasteiger partial charge in [0.1, 0.15) is 6.54 Å². The van der Waals surface area contributed by atoms with Crippen molar-refractivity contribution in [3.63, 3.8) is 0 Å². The van der Waals surface area contributed by atoms with E-state index in [0.29, 0.717) is 0 Å². The second-order valence-corrected chi connectivity index (χ2v) is 5.01. The Bertz CT molecular complexity index is 586. The molecule has 1 atom stereocenters. The number of hydrogen-bond acceptors (Lipinski definition) is 2. The third-order valence-corrected chi connectivity index (χ3v) is 3.05. The second-order valence-electron chi connectivity index (χ2n) is 5.01. The Hall–Kier alpha value is -2.06. The van der Waals surface area contributed by atoms with E-state index in [4.69, 9.17) is 4.65 Å². The summed E-state index contributed by atoms with van der Waals surface area (Å²) in [7, 11) is 3.26. The molecular formula is C12H13BF4N2O2. The molecule has 0 spiro atoms. The van der Waals surface area contributed by atoms with Crippen molar-refractivity contribution in [3.05, 3.63) is 29.8 Å². The van der Waals surface area contributed by atoms with E-state index in [1.165, 1.54) is 11.2 Å². The fourth-order valence-electron chi connectivity index (χ4n) is 2.14. The standard InChI is InChI=1S/C12H13BF4N2O2/c1-18(2)8-19-7-11(20)21-13(19,17)10-5-3-9(4-6-10)12(14,15)16/h3-6,8H,7H2,1-2H3/b19-8-. The SMILES string of the molecule is CN(C)/C=[N+]1/CC(=O)O[B-]1(F)c1ccc(C(F)(F)F)cc1. The Morgan fingerprint density at radius 2 is 1.86 bits per heavy atom. The fourth-order valence-corrected chi connectivity index (χ4v) is 2.14. The molecule has 1 unspecified atom stereocenters. The molecule has 0 bridgehead atoms. The molecule has 1 fully saturated rings. The summed E-state index contributed by atoms with van der Waals surface area (Å²) in [6.45, 7) is -3.66. The first kappa shape index (κ1) is 15.3. The van der Waals surface area contributed by atoms with Gasteiger partial charge in [-0.3, -0.25) is 9.69 Å². The van der Waals surface area contributed by atoms with Gasteiger partial charge in [0.25, 0.3) is 0 Å². The van der Waals surface area contributed by atoms with Gasteiger partial charge in [-0.25, -0.2) is 0 Å². The van der Waals surface area contributed by atoms with Crippen molar-refractivity contribution in [1.82, 2.24) is 4.90 Å². The summed E-state index contributed by atoms with van der Waals surface area (Å²) in [5.41, 5.74) is -1.01. The van der Waals surface area contributed by atoms with Gasteiger partial charge in [-0.05, 0) is 0 Å². The number of rotatable bonds is 2. The van der Waals surface area contributed by atoms with E-state index in [1.807, 2.05) is 0 Å². The van der Waals surface area contributed by atoms with Crippen molar-refractivity contribution in [2.75, 3.05) is 20.6 Å². The van der Waals surface area contributed by atoms with Crippen LogP contribution in [0.15, 0.2) is 24.3 Å². The topological polar surface area (TPSA) is 32.5 Å². The Labute approximate surface area is 118 Å². The molecule has 1 heterocycles. The van der Waals surface area contributed by atoms with Crippen LogP contribution in [0, 0.1) is 0 Å². The van der Waals surface area contributed by atoms with Crippen molar-refractivity contribution in [3.8, 4) is 0 Å². The van der Waals surface area contributed by atoms with Gasteiger partial charge in [0.15, 0.2) is 6.34 Å². The molecule has 1 aliphatic heterocycles. The van der Waals surface area contributed by atoms with Crippen LogP contribution in [0.5, 0.6) is 0 Å². The largest absolute Gasteiger partial charge is 0.619 e. The van der Waals surface area contributed by atoms with Crippen molar-refractivity contribution in [2.24, 2.45) is 0 Å². The number of nitrogens with zero attached hydrogens (tertiary/aromatic N) is 2. The van der Waals surface area contributed by atoms with Crippen LogP contribution in [0.3, 0.4) is 0 Å². The Morgan fingerprint density at radius 3 is 2.33 bits per heavy atom. The first-order chi connectivity index (χ1) is 9.63. The first-order valence-electron chi connectivity index (χ1n) is 6.13. The van der Waals surface area contributed by atoms with Crippen molar-refractivity contribution < 1.29 is 31.4 Å². The van der Waals surface area contributed by atoms with Gasteiger partial charge < -0.3 is 13.5 Å². The number of hydrogen-bond donors (Lipinski definition) is 0. The Balaban J connectivity index is 2.41. The number of benzene rings is 1. The fraction of sp³-hybridized carbons (Fsp3) is 0.333. The highest BCUT2D eigenvalue weighted by molar-refractivity contribution is 6.75. The van der Waals surface area contributed by atoms with E-state index in [1.54, 1.807) is 14.1 Å². The zero-order valence-corrected chi connectivity index (χ0v) is 11.4. The highest BCUT2D eigenvalue weighted by Gasteiger charge is 2.48. The van der Waals surface area contributed by atoms with Gasteiger partial charge in [0.05, 0.1) is 19.7 Å². The highest BCUT2D eigenvalue weighted by atomic mass is 19.4. The zero-order chi connectivity index (χ0) is 15.8. The van der Waals surface area contributed by atoms with Crippen LogP contribution in [0.2, 0.25) is 0 Å². The summed E-state index contributed by atoms with van der Waals surface area (Å²) in [5, 5.41) is 0. The van der Waals surface area contributed by atoms with Gasteiger partial charge in [0, 0.05) is 0 Å². The quantitative estimate of drug-likeness (QED) is 0.464. The summed E-state index contributed by atoms with van der Waals surface area (Å²) in [6.07, 6.45) is -3.17. The lowest BCUT2D eigenvalue weighted by molar-refractivity contribution is -0.391. The van der Waals surface area contributed by atoms with Crippen LogP contribution in [0.1, 0.15) is 5.56 Å².